The maximum Gasteiger partial charge on any atom is 0.204 e. The van der Waals surface area contributed by atoms with Gasteiger partial charge in [-0.1, -0.05) is 12.1 Å². The van der Waals surface area contributed by atoms with E-state index in [9.17, 15) is 9.90 Å². The molecule has 0 amide bonds. The second-order valence-corrected chi connectivity index (χ2v) is 5.39. The van der Waals surface area contributed by atoms with E-state index in [1.165, 1.54) is 0 Å². The number of para-hydroxylation sites is 1. The monoisotopic (exact) mass is 297 g/mol. The third kappa shape index (κ3) is 1.98. The van der Waals surface area contributed by atoms with E-state index in [0.717, 1.165) is 0 Å². The molecule has 1 saturated heterocycles. The average Bonchev–Trinajstić information content (AvgIpc) is 2.56. The number of benzene rings is 2. The molecular weight excluding hydrogens is 282 g/mol. The summed E-state index contributed by atoms with van der Waals surface area (Å²) < 4.78 is 11.2. The highest BCUT2D eigenvalue weighted by atomic mass is 16.5. The van der Waals surface area contributed by atoms with Crippen LogP contribution in [0.25, 0.3) is 21.9 Å². The summed E-state index contributed by atoms with van der Waals surface area (Å²) in [5, 5.41) is 14.6. The first kappa shape index (κ1) is 13.3. The van der Waals surface area contributed by atoms with Crippen molar-refractivity contribution in [1.82, 2.24) is 5.32 Å². The molecule has 1 fully saturated rings. The summed E-state index contributed by atoms with van der Waals surface area (Å²) in [5.41, 5.74) is 1.36. The number of phenols is 1. The number of hydrogen-bond donors (Lipinski definition) is 2. The quantitative estimate of drug-likeness (QED) is 0.674. The van der Waals surface area contributed by atoms with Crippen molar-refractivity contribution in [3.05, 3.63) is 52.2 Å². The highest BCUT2D eigenvalue weighted by Gasteiger charge is 2.22. The van der Waals surface area contributed by atoms with Crippen molar-refractivity contribution in [3.8, 4) is 5.75 Å². The van der Waals surface area contributed by atoms with E-state index in [2.05, 4.69) is 5.32 Å². The van der Waals surface area contributed by atoms with Gasteiger partial charge >= 0.3 is 0 Å². The van der Waals surface area contributed by atoms with Crippen molar-refractivity contribution < 1.29 is 14.3 Å². The minimum absolute atomic E-state index is 0.0278. The lowest BCUT2D eigenvalue weighted by Gasteiger charge is -2.25. The molecule has 0 bridgehead atoms. The molecule has 1 aliphatic heterocycles. The topological polar surface area (TPSA) is 71.7 Å². The Labute approximate surface area is 126 Å². The van der Waals surface area contributed by atoms with Crippen LogP contribution < -0.4 is 10.7 Å². The van der Waals surface area contributed by atoms with Gasteiger partial charge in [0.25, 0.3) is 0 Å². The van der Waals surface area contributed by atoms with Crippen LogP contribution in [0.4, 0.5) is 0 Å². The third-order valence-electron chi connectivity index (χ3n) is 4.05. The van der Waals surface area contributed by atoms with Crippen molar-refractivity contribution in [2.75, 3.05) is 19.8 Å². The summed E-state index contributed by atoms with van der Waals surface area (Å²) in [6.07, 6.45) is 0. The molecule has 1 aliphatic rings. The van der Waals surface area contributed by atoms with E-state index < -0.39 is 0 Å². The predicted molar refractivity (Wildman–Crippen MR) is 83.2 cm³/mol. The van der Waals surface area contributed by atoms with Crippen molar-refractivity contribution in [1.29, 1.82) is 0 Å². The number of ether oxygens (including phenoxy) is 1. The standard InChI is InChI=1S/C17H15NO4/c19-16-10(12-9-21-8-7-18-12)5-6-14-15(16)17(20)11-3-1-2-4-13(11)22-14/h1-6,12,18-19H,7-9H2. The largest absolute Gasteiger partial charge is 0.507 e. The Morgan fingerprint density at radius 3 is 2.82 bits per heavy atom. The zero-order valence-corrected chi connectivity index (χ0v) is 11.8. The molecule has 0 spiro atoms. The summed E-state index contributed by atoms with van der Waals surface area (Å²) in [4.78, 5) is 12.7. The fraction of sp³-hybridized carbons (Fsp3) is 0.235. The SMILES string of the molecule is O=c1c2ccccc2oc2ccc(C3COCCN3)c(O)c12. The second kappa shape index (κ2) is 5.12. The number of fused-ring (bicyclic) bond motifs is 2. The van der Waals surface area contributed by atoms with Gasteiger partial charge in [0.05, 0.1) is 24.6 Å². The number of hydrogen-bond acceptors (Lipinski definition) is 5. The predicted octanol–water partition coefficient (Wildman–Crippen LogP) is 2.31. The van der Waals surface area contributed by atoms with E-state index in [1.807, 2.05) is 6.07 Å². The van der Waals surface area contributed by atoms with E-state index in [1.54, 1.807) is 30.3 Å². The molecule has 0 radical (unpaired) electrons. The van der Waals surface area contributed by atoms with Crippen LogP contribution in [0.5, 0.6) is 5.75 Å². The van der Waals surface area contributed by atoms with Crippen LogP contribution in [0.2, 0.25) is 0 Å². The Balaban J connectivity index is 1.99. The molecule has 112 valence electrons. The lowest BCUT2D eigenvalue weighted by atomic mass is 10.0. The Morgan fingerprint density at radius 2 is 2.00 bits per heavy atom. The number of rotatable bonds is 1. The third-order valence-corrected chi connectivity index (χ3v) is 4.05. The van der Waals surface area contributed by atoms with Crippen molar-refractivity contribution in [2.45, 2.75) is 6.04 Å². The molecule has 4 rings (SSSR count). The smallest absolute Gasteiger partial charge is 0.204 e. The average molecular weight is 297 g/mol. The zero-order chi connectivity index (χ0) is 15.1. The highest BCUT2D eigenvalue weighted by Crippen LogP contribution is 2.33. The van der Waals surface area contributed by atoms with E-state index >= 15 is 0 Å². The molecule has 3 aromatic rings. The molecular formula is C17H15NO4. The van der Waals surface area contributed by atoms with Gasteiger partial charge in [0, 0.05) is 12.1 Å². The normalized spacial score (nSPS) is 18.8. The molecule has 0 saturated carbocycles. The van der Waals surface area contributed by atoms with Gasteiger partial charge in [0.2, 0.25) is 5.43 Å². The molecule has 1 atom stereocenters. The Bertz CT molecular complexity index is 910. The van der Waals surface area contributed by atoms with Crippen LogP contribution in [-0.2, 0) is 4.74 Å². The van der Waals surface area contributed by atoms with Gasteiger partial charge in [0.15, 0.2) is 0 Å². The summed E-state index contributed by atoms with van der Waals surface area (Å²) in [7, 11) is 0. The summed E-state index contributed by atoms with van der Waals surface area (Å²) in [6.45, 7) is 1.84. The van der Waals surface area contributed by atoms with Gasteiger partial charge in [-0.25, -0.2) is 0 Å². The molecule has 5 heteroatoms. The maximum absolute atomic E-state index is 12.7. The number of nitrogens with one attached hydrogen (secondary N) is 1. The minimum Gasteiger partial charge on any atom is -0.507 e. The van der Waals surface area contributed by atoms with Gasteiger partial charge in [-0.15, -0.1) is 0 Å². The fourth-order valence-corrected chi connectivity index (χ4v) is 2.94. The number of morpholine rings is 1. The first-order valence-corrected chi connectivity index (χ1v) is 7.24. The van der Waals surface area contributed by atoms with Crippen LogP contribution in [0.15, 0.2) is 45.6 Å². The summed E-state index contributed by atoms with van der Waals surface area (Å²) in [6, 6.07) is 10.4. The van der Waals surface area contributed by atoms with Crippen LogP contribution >= 0.6 is 0 Å². The highest BCUT2D eigenvalue weighted by molar-refractivity contribution is 5.93. The second-order valence-electron chi connectivity index (χ2n) is 5.39. The summed E-state index contributed by atoms with van der Waals surface area (Å²) in [5.74, 6) is -0.0278. The van der Waals surface area contributed by atoms with E-state index in [0.29, 0.717) is 41.9 Å². The maximum atomic E-state index is 12.7. The molecule has 5 nitrogen and oxygen atoms in total. The van der Waals surface area contributed by atoms with Crippen molar-refractivity contribution in [3.63, 3.8) is 0 Å². The molecule has 2 heterocycles. The van der Waals surface area contributed by atoms with Crippen molar-refractivity contribution >= 4 is 21.9 Å². The first-order chi connectivity index (χ1) is 10.8. The first-order valence-electron chi connectivity index (χ1n) is 7.24. The number of phenolic OH excluding ortho intramolecular Hbond substituents is 1. The van der Waals surface area contributed by atoms with Crippen molar-refractivity contribution in [2.24, 2.45) is 0 Å². The lowest BCUT2D eigenvalue weighted by molar-refractivity contribution is 0.0761. The van der Waals surface area contributed by atoms with Crippen LogP contribution in [-0.4, -0.2) is 24.9 Å². The molecule has 1 unspecified atom stereocenters. The Kier molecular flexibility index (Phi) is 3.10. The van der Waals surface area contributed by atoms with Gasteiger partial charge in [-0.3, -0.25) is 4.79 Å². The molecule has 2 N–H and O–H groups in total. The number of aromatic hydroxyl groups is 1. The van der Waals surface area contributed by atoms with E-state index in [4.69, 9.17) is 9.15 Å². The van der Waals surface area contributed by atoms with E-state index in [-0.39, 0.29) is 22.6 Å². The summed E-state index contributed by atoms with van der Waals surface area (Å²) >= 11 is 0. The fourth-order valence-electron chi connectivity index (χ4n) is 2.94. The van der Waals surface area contributed by atoms with Crippen LogP contribution in [0.1, 0.15) is 11.6 Å². The molecule has 22 heavy (non-hydrogen) atoms. The zero-order valence-electron chi connectivity index (χ0n) is 11.8. The lowest BCUT2D eigenvalue weighted by Crippen LogP contribution is -2.34. The Hall–Kier alpha value is -2.37. The van der Waals surface area contributed by atoms with Gasteiger partial charge in [-0.05, 0) is 24.3 Å². The van der Waals surface area contributed by atoms with Gasteiger partial charge in [0.1, 0.15) is 22.3 Å². The van der Waals surface area contributed by atoms with Gasteiger partial charge < -0.3 is 19.6 Å². The Morgan fingerprint density at radius 1 is 1.14 bits per heavy atom. The van der Waals surface area contributed by atoms with Crippen LogP contribution in [0.3, 0.4) is 0 Å². The van der Waals surface area contributed by atoms with Crippen LogP contribution in [0, 0.1) is 0 Å². The minimum atomic E-state index is -0.215. The van der Waals surface area contributed by atoms with Gasteiger partial charge in [-0.2, -0.15) is 0 Å². The molecule has 0 aliphatic carbocycles. The molecule has 2 aromatic carbocycles. The molecule has 1 aromatic heterocycles.